The van der Waals surface area contributed by atoms with Crippen LogP contribution in [0.3, 0.4) is 0 Å². The topological polar surface area (TPSA) is 69.6 Å². The lowest BCUT2D eigenvalue weighted by molar-refractivity contribution is 0.651. The number of nitrogens with zero attached hydrogens (tertiary/aromatic N) is 4. The number of nitrogens with two attached hydrogens (primary N) is 1. The Kier molecular flexibility index (Phi) is 3.39. The zero-order valence-corrected chi connectivity index (χ0v) is 12.1. The van der Waals surface area contributed by atoms with E-state index in [-0.39, 0.29) is 0 Å². The number of hydrogen-bond donors (Lipinski definition) is 1. The lowest BCUT2D eigenvalue weighted by Gasteiger charge is -2.10. The predicted molar refractivity (Wildman–Crippen MR) is 82.7 cm³/mol. The summed E-state index contributed by atoms with van der Waals surface area (Å²) < 4.78 is 1.81. The minimum atomic E-state index is 0.642. The summed E-state index contributed by atoms with van der Waals surface area (Å²) in [6, 6.07) is 14.0. The SMILES string of the molecule is Cc1ccccc1Cn1nnnc1-c1cccc(N)c1C. The van der Waals surface area contributed by atoms with Gasteiger partial charge in [-0.3, -0.25) is 0 Å². The zero-order chi connectivity index (χ0) is 14.8. The molecule has 0 spiro atoms. The fourth-order valence-electron chi connectivity index (χ4n) is 2.35. The normalized spacial score (nSPS) is 10.8. The monoisotopic (exact) mass is 279 g/mol. The van der Waals surface area contributed by atoms with Crippen LogP contribution in [0.2, 0.25) is 0 Å². The highest BCUT2D eigenvalue weighted by molar-refractivity contribution is 5.67. The van der Waals surface area contributed by atoms with E-state index in [2.05, 4.69) is 34.6 Å². The van der Waals surface area contributed by atoms with Gasteiger partial charge >= 0.3 is 0 Å². The summed E-state index contributed by atoms with van der Waals surface area (Å²) in [7, 11) is 0. The molecule has 0 bridgehead atoms. The molecule has 3 rings (SSSR count). The van der Waals surface area contributed by atoms with Gasteiger partial charge in [0.2, 0.25) is 0 Å². The van der Waals surface area contributed by atoms with Gasteiger partial charge < -0.3 is 5.73 Å². The van der Waals surface area contributed by atoms with E-state index in [4.69, 9.17) is 5.73 Å². The van der Waals surface area contributed by atoms with E-state index < -0.39 is 0 Å². The highest BCUT2D eigenvalue weighted by Crippen LogP contribution is 2.25. The molecule has 21 heavy (non-hydrogen) atoms. The van der Waals surface area contributed by atoms with Crippen molar-refractivity contribution < 1.29 is 0 Å². The molecule has 0 fully saturated rings. The first-order valence-electron chi connectivity index (χ1n) is 6.83. The van der Waals surface area contributed by atoms with Crippen LogP contribution in [0.15, 0.2) is 42.5 Å². The van der Waals surface area contributed by atoms with Crippen molar-refractivity contribution in [2.75, 3.05) is 5.73 Å². The molecule has 1 heterocycles. The van der Waals surface area contributed by atoms with Crippen LogP contribution in [0.25, 0.3) is 11.4 Å². The highest BCUT2D eigenvalue weighted by atomic mass is 15.5. The van der Waals surface area contributed by atoms with Crippen molar-refractivity contribution in [3.8, 4) is 11.4 Å². The van der Waals surface area contributed by atoms with Crippen molar-refractivity contribution in [2.45, 2.75) is 20.4 Å². The molecule has 0 atom stereocenters. The summed E-state index contributed by atoms with van der Waals surface area (Å²) in [5.41, 5.74) is 11.1. The largest absolute Gasteiger partial charge is 0.398 e. The van der Waals surface area contributed by atoms with Crippen LogP contribution >= 0.6 is 0 Å². The Hall–Kier alpha value is -2.69. The Labute approximate surface area is 123 Å². The number of tetrazole rings is 1. The minimum Gasteiger partial charge on any atom is -0.398 e. The minimum absolute atomic E-state index is 0.642. The van der Waals surface area contributed by atoms with E-state index in [0.29, 0.717) is 6.54 Å². The van der Waals surface area contributed by atoms with E-state index in [1.807, 2.05) is 41.9 Å². The Morgan fingerprint density at radius 3 is 2.67 bits per heavy atom. The van der Waals surface area contributed by atoms with Crippen molar-refractivity contribution in [3.05, 3.63) is 59.2 Å². The first-order valence-corrected chi connectivity index (χ1v) is 6.83. The third kappa shape index (κ3) is 2.50. The maximum Gasteiger partial charge on any atom is 0.182 e. The Morgan fingerprint density at radius 1 is 1.05 bits per heavy atom. The number of benzene rings is 2. The number of anilines is 1. The number of aryl methyl sites for hydroxylation is 1. The molecule has 3 aromatic rings. The third-order valence-corrected chi connectivity index (χ3v) is 3.73. The molecule has 0 unspecified atom stereocenters. The molecule has 0 radical (unpaired) electrons. The maximum absolute atomic E-state index is 5.98. The van der Waals surface area contributed by atoms with Gasteiger partial charge in [-0.1, -0.05) is 36.4 Å². The molecule has 0 amide bonds. The molecule has 0 aliphatic carbocycles. The fraction of sp³-hybridized carbons (Fsp3) is 0.188. The van der Waals surface area contributed by atoms with E-state index in [1.54, 1.807) is 0 Å². The second kappa shape index (κ2) is 5.36. The third-order valence-electron chi connectivity index (χ3n) is 3.73. The van der Waals surface area contributed by atoms with Crippen LogP contribution < -0.4 is 5.73 Å². The quantitative estimate of drug-likeness (QED) is 0.748. The summed E-state index contributed by atoms with van der Waals surface area (Å²) in [5, 5.41) is 12.1. The number of nitrogen functional groups attached to an aromatic ring is 1. The average molecular weight is 279 g/mol. The molecule has 5 nitrogen and oxygen atoms in total. The second-order valence-corrected chi connectivity index (χ2v) is 5.11. The summed E-state index contributed by atoms with van der Waals surface area (Å²) in [5.74, 6) is 0.739. The smallest absolute Gasteiger partial charge is 0.182 e. The lowest BCUT2D eigenvalue weighted by atomic mass is 10.1. The van der Waals surface area contributed by atoms with E-state index in [1.165, 1.54) is 11.1 Å². The molecule has 1 aromatic heterocycles. The van der Waals surface area contributed by atoms with Crippen LogP contribution in [0.5, 0.6) is 0 Å². The van der Waals surface area contributed by atoms with Gasteiger partial charge in [0.05, 0.1) is 6.54 Å². The van der Waals surface area contributed by atoms with Gasteiger partial charge in [-0.15, -0.1) is 5.10 Å². The molecular formula is C16H17N5. The summed E-state index contributed by atoms with van der Waals surface area (Å²) >= 11 is 0. The molecule has 0 aliphatic rings. The molecule has 0 saturated carbocycles. The molecule has 0 aliphatic heterocycles. The first kappa shape index (κ1) is 13.3. The molecule has 2 N–H and O–H groups in total. The van der Waals surface area contributed by atoms with Gasteiger partial charge in [0.15, 0.2) is 5.82 Å². The fourth-order valence-corrected chi connectivity index (χ4v) is 2.35. The van der Waals surface area contributed by atoms with Gasteiger partial charge in [0, 0.05) is 11.3 Å². The van der Waals surface area contributed by atoms with Crippen LogP contribution in [-0.2, 0) is 6.54 Å². The predicted octanol–water partition coefficient (Wildman–Crippen LogP) is 2.59. The van der Waals surface area contributed by atoms with Crippen molar-refractivity contribution in [1.82, 2.24) is 20.2 Å². The van der Waals surface area contributed by atoms with Crippen LogP contribution in [0, 0.1) is 13.8 Å². The lowest BCUT2D eigenvalue weighted by Crippen LogP contribution is -2.06. The van der Waals surface area contributed by atoms with Crippen LogP contribution in [0.4, 0.5) is 5.69 Å². The van der Waals surface area contributed by atoms with Crippen LogP contribution in [-0.4, -0.2) is 20.2 Å². The molecule has 2 aromatic carbocycles. The Balaban J connectivity index is 2.02. The number of aromatic nitrogens is 4. The molecule has 0 saturated heterocycles. The van der Waals surface area contributed by atoms with Crippen molar-refractivity contribution >= 4 is 5.69 Å². The zero-order valence-electron chi connectivity index (χ0n) is 12.1. The Morgan fingerprint density at radius 2 is 1.86 bits per heavy atom. The summed E-state index contributed by atoms with van der Waals surface area (Å²) in [6.45, 7) is 4.71. The Bertz CT molecular complexity index is 776. The van der Waals surface area contributed by atoms with Gasteiger partial charge in [0.1, 0.15) is 0 Å². The average Bonchev–Trinajstić information content (AvgIpc) is 2.92. The molecule has 106 valence electrons. The van der Waals surface area contributed by atoms with E-state index in [9.17, 15) is 0 Å². The highest BCUT2D eigenvalue weighted by Gasteiger charge is 2.13. The summed E-state index contributed by atoms with van der Waals surface area (Å²) in [4.78, 5) is 0. The van der Waals surface area contributed by atoms with Gasteiger partial charge in [-0.05, 0) is 47.0 Å². The first-order chi connectivity index (χ1) is 10.2. The maximum atomic E-state index is 5.98. The standard InChI is InChI=1S/C16H17N5/c1-11-6-3-4-7-13(11)10-21-16(18-19-20-21)14-8-5-9-15(17)12(14)2/h3-9H,10,17H2,1-2H3. The summed E-state index contributed by atoms with van der Waals surface area (Å²) in [6.07, 6.45) is 0. The van der Waals surface area contributed by atoms with E-state index in [0.717, 1.165) is 22.6 Å². The van der Waals surface area contributed by atoms with E-state index >= 15 is 0 Å². The van der Waals surface area contributed by atoms with Gasteiger partial charge in [0.25, 0.3) is 0 Å². The molecule has 5 heteroatoms. The van der Waals surface area contributed by atoms with Gasteiger partial charge in [-0.25, -0.2) is 4.68 Å². The van der Waals surface area contributed by atoms with Gasteiger partial charge in [-0.2, -0.15) is 0 Å². The van der Waals surface area contributed by atoms with Crippen molar-refractivity contribution in [3.63, 3.8) is 0 Å². The second-order valence-electron chi connectivity index (χ2n) is 5.11. The van der Waals surface area contributed by atoms with Crippen molar-refractivity contribution in [2.24, 2.45) is 0 Å². The van der Waals surface area contributed by atoms with Crippen molar-refractivity contribution in [1.29, 1.82) is 0 Å². The number of hydrogen-bond acceptors (Lipinski definition) is 4. The molecular weight excluding hydrogens is 262 g/mol. The van der Waals surface area contributed by atoms with Crippen LogP contribution in [0.1, 0.15) is 16.7 Å². The number of rotatable bonds is 3.